The first-order valence-corrected chi connectivity index (χ1v) is 4.77. The molecule has 17 heavy (non-hydrogen) atoms. The normalized spacial score (nSPS) is 13.2. The van der Waals surface area contributed by atoms with E-state index in [1.54, 1.807) is 0 Å². The van der Waals surface area contributed by atoms with Crippen LogP contribution < -0.4 is 4.74 Å². The molecule has 1 aromatic rings. The lowest BCUT2D eigenvalue weighted by Crippen LogP contribution is -2.23. The highest BCUT2D eigenvalue weighted by atomic mass is 19.4. The minimum atomic E-state index is -4.59. The zero-order valence-electron chi connectivity index (χ0n) is 8.99. The molecule has 0 fully saturated rings. The van der Waals surface area contributed by atoms with E-state index in [0.717, 1.165) is 0 Å². The number of hydrogen-bond acceptors (Lipinski definition) is 2. The van der Waals surface area contributed by atoms with Gasteiger partial charge in [-0.15, -0.1) is 0 Å². The van der Waals surface area contributed by atoms with E-state index in [-0.39, 0.29) is 11.3 Å². The topological polar surface area (TPSA) is 46.5 Å². The van der Waals surface area contributed by atoms with Crippen LogP contribution in [0.3, 0.4) is 0 Å². The maximum absolute atomic E-state index is 12.7. The molecule has 94 valence electrons. The first kappa shape index (κ1) is 13.3. The lowest BCUT2D eigenvalue weighted by atomic mass is 9.95. The van der Waals surface area contributed by atoms with E-state index in [9.17, 15) is 18.0 Å². The molecule has 0 aromatic heterocycles. The number of ether oxygens (including phenoxy) is 1. The summed E-state index contributed by atoms with van der Waals surface area (Å²) in [7, 11) is 1.33. The third kappa shape index (κ3) is 3.65. The summed E-state index contributed by atoms with van der Waals surface area (Å²) in [5, 5.41) is 8.50. The second-order valence-electron chi connectivity index (χ2n) is 3.47. The first-order valence-electron chi connectivity index (χ1n) is 4.77. The van der Waals surface area contributed by atoms with Crippen molar-refractivity contribution < 1.29 is 27.8 Å². The van der Waals surface area contributed by atoms with E-state index >= 15 is 0 Å². The van der Waals surface area contributed by atoms with Crippen molar-refractivity contribution in [3.8, 4) is 5.75 Å². The van der Waals surface area contributed by atoms with Crippen molar-refractivity contribution in [1.29, 1.82) is 0 Å². The van der Waals surface area contributed by atoms with Crippen molar-refractivity contribution >= 4 is 5.97 Å². The summed E-state index contributed by atoms with van der Waals surface area (Å²) in [6.45, 7) is 0. The van der Waals surface area contributed by atoms with E-state index in [0.29, 0.717) is 0 Å². The van der Waals surface area contributed by atoms with E-state index in [2.05, 4.69) is 0 Å². The molecule has 0 radical (unpaired) electrons. The minimum Gasteiger partial charge on any atom is -0.497 e. The number of carboxylic acids is 1. The fraction of sp³-hybridized carbons (Fsp3) is 0.364. The van der Waals surface area contributed by atoms with Gasteiger partial charge in [-0.25, -0.2) is 0 Å². The summed E-state index contributed by atoms with van der Waals surface area (Å²) in [5.41, 5.74) is -0.112. The Kier molecular flexibility index (Phi) is 3.98. The van der Waals surface area contributed by atoms with Crippen LogP contribution in [0, 0.1) is 0 Å². The van der Waals surface area contributed by atoms with Gasteiger partial charge in [0.2, 0.25) is 0 Å². The van der Waals surface area contributed by atoms with Gasteiger partial charge in [-0.05, 0) is 17.7 Å². The lowest BCUT2D eigenvalue weighted by Gasteiger charge is -2.19. The number of rotatable bonds is 4. The number of aliphatic carboxylic acids is 1. The molecule has 0 aliphatic heterocycles. The van der Waals surface area contributed by atoms with Crippen LogP contribution in [0.25, 0.3) is 0 Å². The standard InChI is InChI=1S/C11H11F3O3/c1-17-8-4-2-3-7(5-8)9(6-10(15)16)11(12,13)14/h2-5,9H,6H2,1H3,(H,15,16). The maximum Gasteiger partial charge on any atom is 0.396 e. The average Bonchev–Trinajstić information content (AvgIpc) is 2.24. The molecule has 1 atom stereocenters. The highest BCUT2D eigenvalue weighted by Crippen LogP contribution is 2.38. The molecule has 1 aromatic carbocycles. The van der Waals surface area contributed by atoms with Crippen molar-refractivity contribution in [2.24, 2.45) is 0 Å². The largest absolute Gasteiger partial charge is 0.497 e. The van der Waals surface area contributed by atoms with E-state index in [4.69, 9.17) is 9.84 Å². The molecule has 0 saturated heterocycles. The number of alkyl halides is 3. The Bertz CT molecular complexity index is 401. The molecule has 1 unspecified atom stereocenters. The molecule has 0 saturated carbocycles. The second kappa shape index (κ2) is 5.07. The Balaban J connectivity index is 3.08. The molecule has 6 heteroatoms. The monoisotopic (exact) mass is 248 g/mol. The molecular weight excluding hydrogens is 237 g/mol. The Labute approximate surface area is 95.8 Å². The summed E-state index contributed by atoms with van der Waals surface area (Å²) >= 11 is 0. The van der Waals surface area contributed by atoms with E-state index in [1.807, 2.05) is 0 Å². The third-order valence-electron chi connectivity index (χ3n) is 2.27. The number of carbonyl (C=O) groups is 1. The summed E-state index contributed by atoms with van der Waals surface area (Å²) < 4.78 is 42.9. The second-order valence-corrected chi connectivity index (χ2v) is 3.47. The Morgan fingerprint density at radius 1 is 1.47 bits per heavy atom. The molecule has 0 heterocycles. The van der Waals surface area contributed by atoms with Gasteiger partial charge in [0.1, 0.15) is 5.75 Å². The zero-order valence-corrected chi connectivity index (χ0v) is 8.99. The minimum absolute atomic E-state index is 0.112. The summed E-state index contributed by atoms with van der Waals surface area (Å²) in [4.78, 5) is 10.5. The van der Waals surface area contributed by atoms with Crippen molar-refractivity contribution in [2.75, 3.05) is 7.11 Å². The van der Waals surface area contributed by atoms with Gasteiger partial charge in [0, 0.05) is 0 Å². The quantitative estimate of drug-likeness (QED) is 0.891. The molecule has 0 bridgehead atoms. The third-order valence-corrected chi connectivity index (χ3v) is 2.27. The Morgan fingerprint density at radius 2 is 2.12 bits per heavy atom. The van der Waals surface area contributed by atoms with E-state index < -0.39 is 24.5 Å². The smallest absolute Gasteiger partial charge is 0.396 e. The predicted molar refractivity (Wildman–Crippen MR) is 54.0 cm³/mol. The van der Waals surface area contributed by atoms with Gasteiger partial charge in [0.15, 0.2) is 0 Å². The summed E-state index contributed by atoms with van der Waals surface area (Å²) in [6, 6.07) is 5.33. The highest BCUT2D eigenvalue weighted by molar-refractivity contribution is 5.68. The SMILES string of the molecule is COc1cccc(C(CC(=O)O)C(F)(F)F)c1. The Hall–Kier alpha value is -1.72. The van der Waals surface area contributed by atoms with Crippen molar-refractivity contribution in [3.05, 3.63) is 29.8 Å². The molecule has 0 spiro atoms. The van der Waals surface area contributed by atoms with Gasteiger partial charge >= 0.3 is 12.1 Å². The average molecular weight is 248 g/mol. The first-order chi connectivity index (χ1) is 7.84. The molecule has 0 aliphatic rings. The van der Waals surface area contributed by atoms with E-state index in [1.165, 1.54) is 31.4 Å². The summed E-state index contributed by atoms with van der Waals surface area (Å²) in [6.07, 6.45) is -5.58. The van der Waals surface area contributed by atoms with Crippen LogP contribution in [0.2, 0.25) is 0 Å². The highest BCUT2D eigenvalue weighted by Gasteiger charge is 2.42. The number of methoxy groups -OCH3 is 1. The summed E-state index contributed by atoms with van der Waals surface area (Å²) in [5.74, 6) is -3.24. The predicted octanol–water partition coefficient (Wildman–Crippen LogP) is 2.82. The molecule has 0 aliphatic carbocycles. The van der Waals surface area contributed by atoms with Gasteiger partial charge in [0.05, 0.1) is 19.4 Å². The van der Waals surface area contributed by atoms with Crippen LogP contribution in [0.5, 0.6) is 5.75 Å². The molecule has 3 nitrogen and oxygen atoms in total. The zero-order chi connectivity index (χ0) is 13.1. The van der Waals surface area contributed by atoms with Gasteiger partial charge < -0.3 is 9.84 Å². The molecule has 1 rings (SSSR count). The number of hydrogen-bond donors (Lipinski definition) is 1. The van der Waals surface area contributed by atoms with Crippen molar-refractivity contribution in [3.63, 3.8) is 0 Å². The van der Waals surface area contributed by atoms with Crippen molar-refractivity contribution in [1.82, 2.24) is 0 Å². The van der Waals surface area contributed by atoms with Crippen LogP contribution in [-0.2, 0) is 4.79 Å². The number of benzene rings is 1. The van der Waals surface area contributed by atoms with Crippen LogP contribution >= 0.6 is 0 Å². The number of carboxylic acid groups (broad SMARTS) is 1. The van der Waals surface area contributed by atoms with Gasteiger partial charge in [-0.2, -0.15) is 13.2 Å². The van der Waals surface area contributed by atoms with Gasteiger partial charge in [-0.3, -0.25) is 4.79 Å². The maximum atomic E-state index is 12.7. The lowest BCUT2D eigenvalue weighted by molar-refractivity contribution is -0.163. The Morgan fingerprint density at radius 3 is 2.59 bits per heavy atom. The molecule has 1 N–H and O–H groups in total. The fourth-order valence-electron chi connectivity index (χ4n) is 1.46. The molecule has 0 amide bonds. The van der Waals surface area contributed by atoms with Crippen LogP contribution in [0.1, 0.15) is 17.9 Å². The van der Waals surface area contributed by atoms with Crippen LogP contribution in [-0.4, -0.2) is 24.4 Å². The van der Waals surface area contributed by atoms with Crippen molar-refractivity contribution in [2.45, 2.75) is 18.5 Å². The van der Waals surface area contributed by atoms with Gasteiger partial charge in [0.25, 0.3) is 0 Å². The van der Waals surface area contributed by atoms with Gasteiger partial charge in [-0.1, -0.05) is 12.1 Å². The molecular formula is C11H11F3O3. The van der Waals surface area contributed by atoms with Crippen LogP contribution in [0.15, 0.2) is 24.3 Å². The number of halogens is 3. The van der Waals surface area contributed by atoms with Crippen LogP contribution in [0.4, 0.5) is 13.2 Å². The fourth-order valence-corrected chi connectivity index (χ4v) is 1.46.